The van der Waals surface area contributed by atoms with Gasteiger partial charge in [0.05, 0.1) is 5.69 Å². The number of anilines is 1. The Kier molecular flexibility index (Phi) is 6.90. The number of rotatable bonds is 6. The predicted octanol–water partition coefficient (Wildman–Crippen LogP) is 3.99. The highest BCUT2D eigenvalue weighted by Crippen LogP contribution is 2.29. The Bertz CT molecular complexity index is 1080. The van der Waals surface area contributed by atoms with Crippen molar-refractivity contribution in [2.75, 3.05) is 44.2 Å². The number of aromatic nitrogens is 1. The van der Waals surface area contributed by atoms with Crippen LogP contribution < -0.4 is 10.2 Å². The number of carbonyl (C=O) groups is 1. The van der Waals surface area contributed by atoms with Gasteiger partial charge in [0, 0.05) is 49.9 Å². The Balaban J connectivity index is 1.16. The van der Waals surface area contributed by atoms with Crippen LogP contribution in [0.5, 0.6) is 0 Å². The summed E-state index contributed by atoms with van der Waals surface area (Å²) in [6, 6.07) is 18.6. The van der Waals surface area contributed by atoms with E-state index in [1.165, 1.54) is 12.1 Å². The van der Waals surface area contributed by atoms with Gasteiger partial charge in [-0.05, 0) is 62.0 Å². The van der Waals surface area contributed by atoms with Crippen LogP contribution in [0.2, 0.25) is 0 Å². The van der Waals surface area contributed by atoms with Gasteiger partial charge in [0.25, 0.3) is 0 Å². The van der Waals surface area contributed by atoms with Crippen molar-refractivity contribution in [3.63, 3.8) is 0 Å². The number of nitrogens with zero attached hydrogens (tertiary/aromatic N) is 3. The van der Waals surface area contributed by atoms with E-state index >= 15 is 0 Å². The van der Waals surface area contributed by atoms with Gasteiger partial charge in [-0.15, -0.1) is 0 Å². The van der Waals surface area contributed by atoms with Crippen molar-refractivity contribution in [3.8, 4) is 11.3 Å². The topological polar surface area (TPSA) is 61.6 Å². The zero-order valence-corrected chi connectivity index (χ0v) is 19.3. The predicted molar refractivity (Wildman–Crippen MR) is 130 cm³/mol. The van der Waals surface area contributed by atoms with Crippen LogP contribution in [0.4, 0.5) is 10.1 Å². The highest BCUT2D eigenvalue weighted by molar-refractivity contribution is 5.77. The summed E-state index contributed by atoms with van der Waals surface area (Å²) in [6.07, 6.45) is 2.38. The average Bonchev–Trinajstić information content (AvgIpc) is 3.35. The molecule has 3 aromatic rings. The monoisotopic (exact) mass is 462 g/mol. The lowest BCUT2D eigenvalue weighted by Gasteiger charge is -2.38. The third kappa shape index (κ3) is 5.30. The zero-order chi connectivity index (χ0) is 23.3. The molecule has 2 aliphatic rings. The van der Waals surface area contributed by atoms with Crippen molar-refractivity contribution >= 4 is 11.6 Å². The van der Waals surface area contributed by atoms with Crippen molar-refractivity contribution in [2.45, 2.75) is 19.3 Å². The minimum Gasteiger partial charge on any atom is -0.368 e. The molecule has 178 valence electrons. The lowest BCUT2D eigenvalue weighted by Crippen LogP contribution is -2.50. The Morgan fingerprint density at radius 2 is 1.79 bits per heavy atom. The van der Waals surface area contributed by atoms with E-state index in [9.17, 15) is 9.18 Å². The number of piperazine rings is 1. The van der Waals surface area contributed by atoms with E-state index in [4.69, 9.17) is 4.52 Å². The van der Waals surface area contributed by atoms with Crippen molar-refractivity contribution in [1.82, 2.24) is 15.4 Å². The highest BCUT2D eigenvalue weighted by Gasteiger charge is 2.30. The number of benzene rings is 2. The molecule has 2 aromatic carbocycles. The van der Waals surface area contributed by atoms with Crippen LogP contribution >= 0.6 is 0 Å². The number of nitrogens with one attached hydrogen (secondary N) is 1. The maximum absolute atomic E-state index is 13.2. The van der Waals surface area contributed by atoms with Gasteiger partial charge in [-0.1, -0.05) is 35.5 Å². The molecule has 2 fully saturated rings. The van der Waals surface area contributed by atoms with Gasteiger partial charge in [-0.2, -0.15) is 0 Å². The molecule has 34 heavy (non-hydrogen) atoms. The van der Waals surface area contributed by atoms with Crippen LogP contribution in [0, 0.1) is 17.7 Å². The minimum atomic E-state index is -0.226. The second-order valence-corrected chi connectivity index (χ2v) is 9.31. The smallest absolute Gasteiger partial charge is 0.222 e. The second kappa shape index (κ2) is 10.4. The number of hydrogen-bond donors (Lipinski definition) is 1. The van der Waals surface area contributed by atoms with Gasteiger partial charge in [0.1, 0.15) is 5.82 Å². The summed E-state index contributed by atoms with van der Waals surface area (Å²) >= 11 is 0. The van der Waals surface area contributed by atoms with Gasteiger partial charge in [-0.25, -0.2) is 4.39 Å². The van der Waals surface area contributed by atoms with E-state index in [1.54, 1.807) is 12.1 Å². The molecule has 2 saturated heterocycles. The first-order chi connectivity index (χ1) is 16.7. The minimum absolute atomic E-state index is 0.226. The number of piperidine rings is 1. The summed E-state index contributed by atoms with van der Waals surface area (Å²) < 4.78 is 18.8. The highest BCUT2D eigenvalue weighted by atomic mass is 19.1. The van der Waals surface area contributed by atoms with Crippen molar-refractivity contribution in [1.29, 1.82) is 0 Å². The SMILES string of the molecule is O=C(C[C@@H]1CCNC[C@@H]1Cc1cc(-c2ccccc2)on1)N1CCN(c2ccc(F)cc2)CC1. The molecule has 0 aliphatic carbocycles. The summed E-state index contributed by atoms with van der Waals surface area (Å²) in [5.74, 6) is 1.48. The summed E-state index contributed by atoms with van der Waals surface area (Å²) in [6.45, 7) is 4.79. The Hall–Kier alpha value is -3.19. The number of carbonyl (C=O) groups excluding carboxylic acids is 1. The van der Waals surface area contributed by atoms with Crippen LogP contribution in [0.3, 0.4) is 0 Å². The fourth-order valence-electron chi connectivity index (χ4n) is 5.12. The first-order valence-corrected chi connectivity index (χ1v) is 12.2. The Morgan fingerprint density at radius 3 is 2.56 bits per heavy atom. The molecule has 5 rings (SSSR count). The molecular weight excluding hydrogens is 431 g/mol. The van der Waals surface area contributed by atoms with E-state index in [-0.39, 0.29) is 11.7 Å². The van der Waals surface area contributed by atoms with E-state index in [0.717, 1.165) is 61.7 Å². The van der Waals surface area contributed by atoms with Gasteiger partial charge in [0.2, 0.25) is 5.91 Å². The quantitative estimate of drug-likeness (QED) is 0.600. The Labute approximate surface area is 199 Å². The van der Waals surface area contributed by atoms with Crippen LogP contribution in [0.1, 0.15) is 18.5 Å². The van der Waals surface area contributed by atoms with Gasteiger partial charge < -0.3 is 19.6 Å². The molecule has 0 unspecified atom stereocenters. The third-order valence-electron chi connectivity index (χ3n) is 7.11. The maximum Gasteiger partial charge on any atom is 0.222 e. The number of amides is 1. The van der Waals surface area contributed by atoms with E-state index in [2.05, 4.69) is 15.4 Å². The van der Waals surface area contributed by atoms with Gasteiger partial charge in [-0.3, -0.25) is 4.79 Å². The largest absolute Gasteiger partial charge is 0.368 e. The van der Waals surface area contributed by atoms with Crippen molar-refractivity contribution < 1.29 is 13.7 Å². The molecule has 7 heteroatoms. The summed E-state index contributed by atoms with van der Waals surface area (Å²) in [4.78, 5) is 17.3. The summed E-state index contributed by atoms with van der Waals surface area (Å²) in [7, 11) is 0. The fourth-order valence-corrected chi connectivity index (χ4v) is 5.12. The molecule has 1 aromatic heterocycles. The molecule has 1 amide bonds. The molecule has 0 bridgehead atoms. The van der Waals surface area contributed by atoms with Gasteiger partial charge >= 0.3 is 0 Å². The number of hydrogen-bond acceptors (Lipinski definition) is 5. The fraction of sp³-hybridized carbons (Fsp3) is 0.407. The van der Waals surface area contributed by atoms with Crippen molar-refractivity contribution in [3.05, 3.63) is 72.2 Å². The van der Waals surface area contributed by atoms with Crippen LogP contribution in [-0.2, 0) is 11.2 Å². The molecule has 1 N–H and O–H groups in total. The van der Waals surface area contributed by atoms with Crippen LogP contribution in [0.25, 0.3) is 11.3 Å². The standard InChI is InChI=1S/C27H31FN4O2/c28-23-6-8-25(9-7-23)31-12-14-32(15-13-31)27(33)17-21-10-11-29-19-22(21)16-24-18-26(34-30-24)20-4-2-1-3-5-20/h1-9,18,21-22,29H,10-17,19H2/t21-,22-/m0/s1. The molecule has 6 nitrogen and oxygen atoms in total. The molecule has 0 radical (unpaired) electrons. The lowest BCUT2D eigenvalue weighted by atomic mass is 9.81. The maximum atomic E-state index is 13.2. The third-order valence-corrected chi connectivity index (χ3v) is 7.11. The normalized spacial score (nSPS) is 21.0. The van der Waals surface area contributed by atoms with Crippen molar-refractivity contribution in [2.24, 2.45) is 11.8 Å². The second-order valence-electron chi connectivity index (χ2n) is 9.31. The first kappa shape index (κ1) is 22.6. The van der Waals surface area contributed by atoms with Gasteiger partial charge in [0.15, 0.2) is 5.76 Å². The number of halogens is 1. The lowest BCUT2D eigenvalue weighted by molar-refractivity contribution is -0.133. The molecule has 0 saturated carbocycles. The van der Waals surface area contributed by atoms with Crippen LogP contribution in [0.15, 0.2) is 65.2 Å². The van der Waals surface area contributed by atoms with Crippen LogP contribution in [-0.4, -0.2) is 55.2 Å². The molecule has 2 atom stereocenters. The Morgan fingerprint density at radius 1 is 1.03 bits per heavy atom. The van der Waals surface area contributed by atoms with E-state index in [1.807, 2.05) is 41.3 Å². The molecule has 2 aliphatic heterocycles. The van der Waals surface area contributed by atoms with E-state index in [0.29, 0.717) is 31.3 Å². The zero-order valence-electron chi connectivity index (χ0n) is 19.3. The van der Waals surface area contributed by atoms with E-state index < -0.39 is 0 Å². The molecule has 0 spiro atoms. The summed E-state index contributed by atoms with van der Waals surface area (Å²) in [5.41, 5.74) is 2.97. The first-order valence-electron chi connectivity index (χ1n) is 12.2. The molecule has 3 heterocycles. The summed E-state index contributed by atoms with van der Waals surface area (Å²) in [5, 5.41) is 7.79. The average molecular weight is 463 g/mol. The molecular formula is C27H31FN4O2.